The molecule has 0 fully saturated rings. The van der Waals surface area contributed by atoms with Crippen LogP contribution in [0.2, 0.25) is 0 Å². The first-order valence-electron chi connectivity index (χ1n) is 8.93. The summed E-state index contributed by atoms with van der Waals surface area (Å²) < 4.78 is 13.7. The lowest BCUT2D eigenvalue weighted by atomic mass is 10.0. The number of likely N-dealkylation sites (N-methyl/N-ethyl adjacent to an activating group) is 1. The molecular formula is C21H25FN2O2. The number of benzene rings is 2. The Morgan fingerprint density at radius 2 is 1.62 bits per heavy atom. The second-order valence-electron chi connectivity index (χ2n) is 6.01. The number of hydrogen-bond donors (Lipinski definition) is 1. The van der Waals surface area contributed by atoms with Gasteiger partial charge in [-0.15, -0.1) is 0 Å². The maximum absolute atomic E-state index is 13.7. The quantitative estimate of drug-likeness (QED) is 0.787. The number of amides is 2. The zero-order valence-corrected chi connectivity index (χ0v) is 15.2. The van der Waals surface area contributed by atoms with Crippen molar-refractivity contribution < 1.29 is 14.0 Å². The van der Waals surface area contributed by atoms with Gasteiger partial charge in [0, 0.05) is 19.5 Å². The van der Waals surface area contributed by atoms with Gasteiger partial charge in [-0.25, -0.2) is 4.39 Å². The van der Waals surface area contributed by atoms with Gasteiger partial charge in [0.15, 0.2) is 0 Å². The normalized spacial score (nSPS) is 11.7. The van der Waals surface area contributed by atoms with Crippen molar-refractivity contribution >= 4 is 11.8 Å². The average molecular weight is 356 g/mol. The van der Waals surface area contributed by atoms with Crippen LogP contribution >= 0.6 is 0 Å². The summed E-state index contributed by atoms with van der Waals surface area (Å²) in [7, 11) is 0. The van der Waals surface area contributed by atoms with Crippen molar-refractivity contribution in [2.24, 2.45) is 0 Å². The molecule has 2 rings (SSSR count). The van der Waals surface area contributed by atoms with Crippen molar-refractivity contribution in [3.05, 3.63) is 71.5 Å². The molecule has 0 aliphatic rings. The molecule has 0 saturated carbocycles. The van der Waals surface area contributed by atoms with Crippen LogP contribution < -0.4 is 5.32 Å². The van der Waals surface area contributed by atoms with Gasteiger partial charge in [-0.1, -0.05) is 48.5 Å². The van der Waals surface area contributed by atoms with Crippen molar-refractivity contribution in [1.29, 1.82) is 0 Å². The van der Waals surface area contributed by atoms with Gasteiger partial charge in [0.05, 0.1) is 0 Å². The molecule has 0 aliphatic carbocycles. The second kappa shape index (κ2) is 9.70. The lowest BCUT2D eigenvalue weighted by molar-refractivity contribution is -0.136. The number of carbonyl (C=O) groups is 2. The molecule has 0 spiro atoms. The van der Waals surface area contributed by atoms with Crippen molar-refractivity contribution in [3.8, 4) is 0 Å². The van der Waals surface area contributed by atoms with Crippen LogP contribution in [-0.2, 0) is 16.0 Å². The zero-order valence-electron chi connectivity index (χ0n) is 15.2. The fourth-order valence-electron chi connectivity index (χ4n) is 2.83. The summed E-state index contributed by atoms with van der Waals surface area (Å²) in [5, 5.41) is 2.82. The van der Waals surface area contributed by atoms with E-state index in [4.69, 9.17) is 0 Å². The van der Waals surface area contributed by atoms with Crippen LogP contribution in [0.5, 0.6) is 0 Å². The Bertz CT molecular complexity index is 730. The van der Waals surface area contributed by atoms with Crippen LogP contribution in [0.3, 0.4) is 0 Å². The topological polar surface area (TPSA) is 49.4 Å². The molecular weight excluding hydrogens is 331 g/mol. The molecule has 4 nitrogen and oxygen atoms in total. The first-order chi connectivity index (χ1) is 12.6. The molecule has 0 aromatic heterocycles. The molecule has 5 heteroatoms. The lowest BCUT2D eigenvalue weighted by Gasteiger charge is -2.26. The Kier molecular flexibility index (Phi) is 7.33. The van der Waals surface area contributed by atoms with Crippen LogP contribution in [0, 0.1) is 5.82 Å². The van der Waals surface area contributed by atoms with Gasteiger partial charge in [-0.2, -0.15) is 0 Å². The Morgan fingerprint density at radius 1 is 1.00 bits per heavy atom. The molecule has 0 aliphatic heterocycles. The van der Waals surface area contributed by atoms with Gasteiger partial charge < -0.3 is 10.2 Å². The molecule has 2 aromatic rings. The second-order valence-corrected chi connectivity index (χ2v) is 6.01. The number of rotatable bonds is 8. The van der Waals surface area contributed by atoms with E-state index in [2.05, 4.69) is 5.32 Å². The fraction of sp³-hybridized carbons (Fsp3) is 0.333. The van der Waals surface area contributed by atoms with E-state index in [1.54, 1.807) is 23.1 Å². The summed E-state index contributed by atoms with van der Waals surface area (Å²) in [6.07, 6.45) is 0.412. The average Bonchev–Trinajstić information content (AvgIpc) is 2.67. The maximum Gasteiger partial charge on any atom is 0.249 e. The highest BCUT2D eigenvalue weighted by Crippen LogP contribution is 2.17. The van der Waals surface area contributed by atoms with Crippen molar-refractivity contribution in [1.82, 2.24) is 10.2 Å². The number of halogens is 1. The number of carbonyl (C=O) groups excluding carboxylic acids is 2. The predicted molar refractivity (Wildman–Crippen MR) is 100.0 cm³/mol. The van der Waals surface area contributed by atoms with Gasteiger partial charge in [0.25, 0.3) is 0 Å². The zero-order chi connectivity index (χ0) is 18.9. The molecule has 0 bridgehead atoms. The Morgan fingerprint density at radius 3 is 2.23 bits per heavy atom. The molecule has 138 valence electrons. The van der Waals surface area contributed by atoms with E-state index in [9.17, 15) is 14.0 Å². The first-order valence-corrected chi connectivity index (χ1v) is 8.93. The van der Waals surface area contributed by atoms with Crippen LogP contribution in [0.25, 0.3) is 0 Å². The van der Waals surface area contributed by atoms with Crippen molar-refractivity contribution in [2.75, 3.05) is 13.1 Å². The summed E-state index contributed by atoms with van der Waals surface area (Å²) in [5.41, 5.74) is 1.23. The monoisotopic (exact) mass is 356 g/mol. The molecule has 0 radical (unpaired) electrons. The number of hydrogen-bond acceptors (Lipinski definition) is 2. The Hall–Kier alpha value is -2.69. The smallest absolute Gasteiger partial charge is 0.249 e. The van der Waals surface area contributed by atoms with Gasteiger partial charge >= 0.3 is 0 Å². The SMILES string of the molecule is CCN(CC)C(=O)C(NC(=O)CCc1ccccc1F)c1ccccc1. The van der Waals surface area contributed by atoms with E-state index in [-0.39, 0.29) is 24.1 Å². The molecule has 1 N–H and O–H groups in total. The van der Waals surface area contributed by atoms with Gasteiger partial charge in [-0.05, 0) is 37.5 Å². The Balaban J connectivity index is 2.09. The minimum atomic E-state index is -0.732. The van der Waals surface area contributed by atoms with Crippen LogP contribution in [0.4, 0.5) is 4.39 Å². The fourth-order valence-corrected chi connectivity index (χ4v) is 2.83. The molecule has 1 atom stereocenters. The highest BCUT2D eigenvalue weighted by Gasteiger charge is 2.26. The Labute approximate surface area is 154 Å². The summed E-state index contributed by atoms with van der Waals surface area (Å²) in [6.45, 7) is 4.96. The van der Waals surface area contributed by atoms with Gasteiger partial charge in [0.1, 0.15) is 11.9 Å². The number of nitrogens with zero attached hydrogens (tertiary/aromatic N) is 1. The van der Waals surface area contributed by atoms with Gasteiger partial charge in [-0.3, -0.25) is 9.59 Å². The standard InChI is InChI=1S/C21H25FN2O2/c1-3-24(4-2)21(26)20(17-11-6-5-7-12-17)23-19(25)15-14-16-10-8-9-13-18(16)22/h5-13,20H,3-4,14-15H2,1-2H3,(H,23,25). The molecule has 26 heavy (non-hydrogen) atoms. The first kappa shape index (κ1) is 19.6. The van der Waals surface area contributed by atoms with Gasteiger partial charge in [0.2, 0.25) is 11.8 Å². The third-order valence-corrected chi connectivity index (χ3v) is 4.34. The third-order valence-electron chi connectivity index (χ3n) is 4.34. The summed E-state index contributed by atoms with van der Waals surface area (Å²) >= 11 is 0. The van der Waals surface area contributed by atoms with Crippen molar-refractivity contribution in [3.63, 3.8) is 0 Å². The van der Waals surface area contributed by atoms with E-state index in [1.807, 2.05) is 44.2 Å². The number of aryl methyl sites for hydroxylation is 1. The largest absolute Gasteiger partial charge is 0.341 e. The highest BCUT2D eigenvalue weighted by atomic mass is 19.1. The van der Waals surface area contributed by atoms with Crippen molar-refractivity contribution in [2.45, 2.75) is 32.7 Å². The van der Waals surface area contributed by atoms with E-state index >= 15 is 0 Å². The summed E-state index contributed by atoms with van der Waals surface area (Å²) in [4.78, 5) is 26.9. The van der Waals surface area contributed by atoms with Crippen LogP contribution in [-0.4, -0.2) is 29.8 Å². The predicted octanol–water partition coefficient (Wildman–Crippen LogP) is 3.48. The molecule has 2 aromatic carbocycles. The van der Waals surface area contributed by atoms with E-state index < -0.39 is 6.04 Å². The van der Waals surface area contributed by atoms with E-state index in [0.717, 1.165) is 5.56 Å². The van der Waals surface area contributed by atoms with E-state index in [0.29, 0.717) is 25.1 Å². The molecule has 1 unspecified atom stereocenters. The van der Waals surface area contributed by atoms with Crippen LogP contribution in [0.15, 0.2) is 54.6 Å². The molecule has 0 saturated heterocycles. The lowest BCUT2D eigenvalue weighted by Crippen LogP contribution is -2.43. The van der Waals surface area contributed by atoms with E-state index in [1.165, 1.54) is 6.07 Å². The highest BCUT2D eigenvalue weighted by molar-refractivity contribution is 5.88. The molecule has 2 amide bonds. The third kappa shape index (κ3) is 5.15. The molecule has 0 heterocycles. The maximum atomic E-state index is 13.7. The van der Waals surface area contributed by atoms with Crippen LogP contribution in [0.1, 0.15) is 37.4 Å². The summed E-state index contributed by atoms with van der Waals surface area (Å²) in [6, 6.07) is 14.9. The number of nitrogens with one attached hydrogen (secondary N) is 1. The summed E-state index contributed by atoms with van der Waals surface area (Å²) in [5.74, 6) is -0.734. The minimum Gasteiger partial charge on any atom is -0.341 e. The minimum absolute atomic E-state index is 0.121.